The molecule has 3 aromatic rings. The first-order chi connectivity index (χ1) is 12.0. The van der Waals surface area contributed by atoms with Gasteiger partial charge in [-0.05, 0) is 26.0 Å². The van der Waals surface area contributed by atoms with Crippen molar-refractivity contribution in [1.29, 1.82) is 0 Å². The molecule has 2 aromatic heterocycles. The van der Waals surface area contributed by atoms with Gasteiger partial charge in [0.25, 0.3) is 0 Å². The molecule has 0 radical (unpaired) electrons. The molecule has 0 aliphatic carbocycles. The third-order valence-corrected chi connectivity index (χ3v) is 4.94. The number of hydrogen-bond acceptors (Lipinski definition) is 5. The van der Waals surface area contributed by atoms with Crippen molar-refractivity contribution in [2.75, 3.05) is 24.6 Å². The van der Waals surface area contributed by atoms with Crippen LogP contribution in [0.2, 0.25) is 5.02 Å². The molecular formula is C18H20ClN5O. The zero-order valence-electron chi connectivity index (χ0n) is 14.5. The van der Waals surface area contributed by atoms with Crippen molar-refractivity contribution in [3.05, 3.63) is 46.5 Å². The molecule has 1 fully saturated rings. The molecule has 6 nitrogen and oxygen atoms in total. The number of fused-ring (bicyclic) bond motifs is 1. The second-order valence-corrected chi connectivity index (χ2v) is 6.85. The lowest BCUT2D eigenvalue weighted by atomic mass is 10.1. The van der Waals surface area contributed by atoms with E-state index in [1.165, 1.54) is 0 Å². The highest BCUT2D eigenvalue weighted by Gasteiger charge is 2.24. The van der Waals surface area contributed by atoms with E-state index >= 15 is 0 Å². The van der Waals surface area contributed by atoms with E-state index in [2.05, 4.69) is 26.0 Å². The van der Waals surface area contributed by atoms with Gasteiger partial charge in [-0.3, -0.25) is 4.68 Å². The minimum Gasteiger partial charge on any atom is -0.370 e. The molecule has 1 unspecified atom stereocenters. The smallest absolute Gasteiger partial charge is 0.108 e. The Morgan fingerprint density at radius 1 is 1.20 bits per heavy atom. The Morgan fingerprint density at radius 3 is 2.76 bits per heavy atom. The molecule has 0 amide bonds. The number of benzene rings is 1. The van der Waals surface area contributed by atoms with E-state index in [0.29, 0.717) is 11.6 Å². The number of aromatic nitrogens is 4. The Labute approximate surface area is 151 Å². The monoisotopic (exact) mass is 357 g/mol. The van der Waals surface area contributed by atoms with Gasteiger partial charge >= 0.3 is 0 Å². The van der Waals surface area contributed by atoms with E-state index in [0.717, 1.165) is 46.8 Å². The van der Waals surface area contributed by atoms with Gasteiger partial charge in [0.15, 0.2) is 0 Å². The molecule has 1 aliphatic heterocycles. The lowest BCUT2D eigenvalue weighted by molar-refractivity contribution is 0.0397. The van der Waals surface area contributed by atoms with Crippen LogP contribution < -0.4 is 4.90 Å². The van der Waals surface area contributed by atoms with Crippen LogP contribution in [-0.4, -0.2) is 39.4 Å². The average molecular weight is 358 g/mol. The number of rotatable bonds is 2. The molecule has 1 aliphatic rings. The topological polar surface area (TPSA) is 56.1 Å². The number of nitrogens with zero attached hydrogens (tertiary/aromatic N) is 5. The average Bonchev–Trinajstić information content (AvgIpc) is 3.03. The molecule has 1 aromatic carbocycles. The van der Waals surface area contributed by atoms with Crippen molar-refractivity contribution in [2.24, 2.45) is 7.05 Å². The third-order valence-electron chi connectivity index (χ3n) is 4.65. The first-order valence-electron chi connectivity index (χ1n) is 8.31. The molecular weight excluding hydrogens is 338 g/mol. The van der Waals surface area contributed by atoms with Crippen molar-refractivity contribution in [1.82, 2.24) is 19.7 Å². The van der Waals surface area contributed by atoms with E-state index in [-0.39, 0.29) is 6.10 Å². The van der Waals surface area contributed by atoms with Crippen molar-refractivity contribution < 1.29 is 4.74 Å². The predicted octanol–water partition coefficient (Wildman–Crippen LogP) is 3.21. The molecule has 0 spiro atoms. The lowest BCUT2D eigenvalue weighted by Gasteiger charge is -2.34. The maximum absolute atomic E-state index is 6.49. The van der Waals surface area contributed by atoms with Gasteiger partial charge in [-0.25, -0.2) is 9.97 Å². The second kappa shape index (κ2) is 6.28. The number of ether oxygens (including phenoxy) is 1. The standard InChI is InChI=1S/C18H20ClN5O/c1-11-12(2)22-18-15(19)6-14(7-16(18)21-11)24-4-5-25-17(10-24)13-8-20-23(3)9-13/h6-9,17H,4-5,10H2,1-3H3. The predicted molar refractivity (Wildman–Crippen MR) is 98.1 cm³/mol. The fourth-order valence-electron chi connectivity index (χ4n) is 3.15. The normalized spacial score (nSPS) is 18.1. The van der Waals surface area contributed by atoms with Crippen LogP contribution in [0.3, 0.4) is 0 Å². The van der Waals surface area contributed by atoms with Crippen LogP contribution in [-0.2, 0) is 11.8 Å². The van der Waals surface area contributed by atoms with Crippen molar-refractivity contribution in [3.63, 3.8) is 0 Å². The highest BCUT2D eigenvalue weighted by Crippen LogP contribution is 2.31. The SMILES string of the molecule is Cc1nc2cc(N3CCOC(c4cnn(C)c4)C3)cc(Cl)c2nc1C. The number of hydrogen-bond donors (Lipinski definition) is 0. The Balaban J connectivity index is 1.67. The summed E-state index contributed by atoms with van der Waals surface area (Å²) in [5, 5.41) is 4.87. The fourth-order valence-corrected chi connectivity index (χ4v) is 3.40. The Morgan fingerprint density at radius 2 is 2.00 bits per heavy atom. The quantitative estimate of drug-likeness (QED) is 0.705. The highest BCUT2D eigenvalue weighted by atomic mass is 35.5. The largest absolute Gasteiger partial charge is 0.370 e. The van der Waals surface area contributed by atoms with E-state index in [4.69, 9.17) is 16.3 Å². The molecule has 3 heterocycles. The summed E-state index contributed by atoms with van der Waals surface area (Å²) in [4.78, 5) is 11.5. The van der Waals surface area contributed by atoms with Crippen LogP contribution in [0.4, 0.5) is 5.69 Å². The van der Waals surface area contributed by atoms with Gasteiger partial charge in [-0.15, -0.1) is 0 Å². The molecule has 130 valence electrons. The number of aryl methyl sites for hydroxylation is 3. The summed E-state index contributed by atoms with van der Waals surface area (Å²) in [6.45, 7) is 6.15. The van der Waals surface area contributed by atoms with Crippen LogP contribution in [0.25, 0.3) is 11.0 Å². The van der Waals surface area contributed by atoms with Gasteiger partial charge in [0, 0.05) is 37.6 Å². The van der Waals surface area contributed by atoms with Crippen molar-refractivity contribution >= 4 is 28.3 Å². The van der Waals surface area contributed by atoms with Crippen LogP contribution in [0.1, 0.15) is 23.1 Å². The zero-order valence-corrected chi connectivity index (χ0v) is 15.3. The van der Waals surface area contributed by atoms with Gasteiger partial charge in [0.2, 0.25) is 0 Å². The van der Waals surface area contributed by atoms with Crippen LogP contribution in [0, 0.1) is 13.8 Å². The molecule has 0 saturated carbocycles. The van der Waals surface area contributed by atoms with E-state index in [9.17, 15) is 0 Å². The third kappa shape index (κ3) is 3.07. The minimum atomic E-state index is 0.00256. The molecule has 0 N–H and O–H groups in total. The summed E-state index contributed by atoms with van der Waals surface area (Å²) in [6.07, 6.45) is 3.86. The lowest BCUT2D eigenvalue weighted by Crippen LogP contribution is -2.38. The summed E-state index contributed by atoms with van der Waals surface area (Å²) in [6, 6.07) is 4.03. The number of halogens is 1. The van der Waals surface area contributed by atoms with Crippen molar-refractivity contribution in [3.8, 4) is 0 Å². The molecule has 4 rings (SSSR count). The summed E-state index contributed by atoms with van der Waals surface area (Å²) < 4.78 is 7.72. The van der Waals surface area contributed by atoms with Crippen molar-refractivity contribution in [2.45, 2.75) is 20.0 Å². The molecule has 1 saturated heterocycles. The molecule has 1 atom stereocenters. The number of anilines is 1. The molecule has 0 bridgehead atoms. The van der Waals surface area contributed by atoms with Gasteiger partial charge in [-0.1, -0.05) is 11.6 Å². The van der Waals surface area contributed by atoms with E-state index in [1.54, 1.807) is 4.68 Å². The van der Waals surface area contributed by atoms with Gasteiger partial charge in [0.1, 0.15) is 11.6 Å². The molecule has 7 heteroatoms. The summed E-state index contributed by atoms with van der Waals surface area (Å²) in [7, 11) is 1.91. The highest BCUT2D eigenvalue weighted by molar-refractivity contribution is 6.35. The summed E-state index contributed by atoms with van der Waals surface area (Å²) in [5.41, 5.74) is 5.55. The van der Waals surface area contributed by atoms with Gasteiger partial charge in [0.05, 0.1) is 34.7 Å². The Bertz CT molecular complexity index is 939. The van der Waals surface area contributed by atoms with Crippen LogP contribution >= 0.6 is 11.6 Å². The van der Waals surface area contributed by atoms with Gasteiger partial charge < -0.3 is 9.64 Å². The second-order valence-electron chi connectivity index (χ2n) is 6.44. The van der Waals surface area contributed by atoms with Gasteiger partial charge in [-0.2, -0.15) is 5.10 Å². The summed E-state index contributed by atoms with van der Waals surface area (Å²) in [5.74, 6) is 0. The first-order valence-corrected chi connectivity index (χ1v) is 8.68. The minimum absolute atomic E-state index is 0.00256. The molecule has 25 heavy (non-hydrogen) atoms. The Hall–Kier alpha value is -2.18. The summed E-state index contributed by atoms with van der Waals surface area (Å²) >= 11 is 6.49. The Kier molecular flexibility index (Phi) is 4.09. The maximum Gasteiger partial charge on any atom is 0.108 e. The van der Waals surface area contributed by atoms with E-state index < -0.39 is 0 Å². The van der Waals surface area contributed by atoms with Crippen LogP contribution in [0.15, 0.2) is 24.5 Å². The maximum atomic E-state index is 6.49. The number of morpholine rings is 1. The fraction of sp³-hybridized carbons (Fsp3) is 0.389. The first kappa shape index (κ1) is 16.3. The zero-order chi connectivity index (χ0) is 17.6. The van der Waals surface area contributed by atoms with Crippen LogP contribution in [0.5, 0.6) is 0 Å². The van der Waals surface area contributed by atoms with E-state index in [1.807, 2.05) is 39.4 Å².